The first-order valence-electron chi connectivity index (χ1n) is 9.28. The minimum absolute atomic E-state index is 0.0663. The molecule has 0 radical (unpaired) electrons. The van der Waals surface area contributed by atoms with Gasteiger partial charge in [-0.25, -0.2) is 0 Å². The molecular weight excluding hydrogens is 530 g/mol. The molecule has 2 aromatic carbocycles. The SMILES string of the molecule is CC(=NOCC(=O)N=Nc1c(O)n(CN(C)C)c2ccc(Br)cc12)c1ccc(Br)cc1. The topological polar surface area (TPSA) is 91.8 Å². The van der Waals surface area contributed by atoms with Gasteiger partial charge in [0, 0.05) is 14.3 Å². The number of amides is 1. The molecule has 0 fully saturated rings. The zero-order valence-corrected chi connectivity index (χ0v) is 20.4. The Bertz CT molecular complexity index is 1150. The van der Waals surface area contributed by atoms with E-state index in [0.717, 1.165) is 20.0 Å². The molecule has 1 amide bonds. The first-order chi connectivity index (χ1) is 14.8. The van der Waals surface area contributed by atoms with E-state index in [1.807, 2.05) is 61.5 Å². The number of oxime groups is 1. The lowest BCUT2D eigenvalue weighted by molar-refractivity contribution is -0.122. The van der Waals surface area contributed by atoms with Crippen molar-refractivity contribution in [3.05, 3.63) is 57.0 Å². The van der Waals surface area contributed by atoms with Crippen LogP contribution in [0.15, 0.2) is 66.8 Å². The van der Waals surface area contributed by atoms with Gasteiger partial charge in [0.15, 0.2) is 12.3 Å². The zero-order chi connectivity index (χ0) is 22.5. The van der Waals surface area contributed by atoms with E-state index in [1.54, 1.807) is 11.5 Å². The first-order valence-corrected chi connectivity index (χ1v) is 10.9. The van der Waals surface area contributed by atoms with Crippen LogP contribution in [0.5, 0.6) is 5.88 Å². The Labute approximate surface area is 196 Å². The molecule has 0 bridgehead atoms. The number of halogens is 2. The highest BCUT2D eigenvalue weighted by atomic mass is 79.9. The van der Waals surface area contributed by atoms with E-state index in [2.05, 4.69) is 47.2 Å². The molecule has 1 heterocycles. The number of azo groups is 1. The number of aromatic hydroxyl groups is 1. The van der Waals surface area contributed by atoms with Gasteiger partial charge in [-0.1, -0.05) is 49.1 Å². The van der Waals surface area contributed by atoms with Gasteiger partial charge in [-0.05, 0) is 56.9 Å². The van der Waals surface area contributed by atoms with Crippen molar-refractivity contribution in [2.24, 2.45) is 15.4 Å². The third-order valence-electron chi connectivity index (χ3n) is 4.31. The third kappa shape index (κ3) is 5.78. The third-order valence-corrected chi connectivity index (χ3v) is 5.33. The van der Waals surface area contributed by atoms with Gasteiger partial charge >= 0.3 is 5.91 Å². The van der Waals surface area contributed by atoms with E-state index in [-0.39, 0.29) is 18.2 Å². The van der Waals surface area contributed by atoms with Crippen LogP contribution in [0.2, 0.25) is 0 Å². The lowest BCUT2D eigenvalue weighted by atomic mass is 10.1. The van der Waals surface area contributed by atoms with Gasteiger partial charge in [0.2, 0.25) is 5.88 Å². The van der Waals surface area contributed by atoms with Gasteiger partial charge in [0.05, 0.1) is 17.9 Å². The fourth-order valence-electron chi connectivity index (χ4n) is 2.88. The average Bonchev–Trinajstić information content (AvgIpc) is 2.96. The van der Waals surface area contributed by atoms with E-state index in [9.17, 15) is 9.90 Å². The molecule has 162 valence electrons. The Balaban J connectivity index is 1.74. The Kier molecular flexibility index (Phi) is 7.58. The van der Waals surface area contributed by atoms with Crippen LogP contribution >= 0.6 is 31.9 Å². The normalized spacial score (nSPS) is 12.3. The fraction of sp³-hybridized carbons (Fsp3) is 0.238. The average molecular weight is 551 g/mol. The molecule has 0 unspecified atom stereocenters. The van der Waals surface area contributed by atoms with Crippen LogP contribution < -0.4 is 0 Å². The molecule has 0 aliphatic rings. The molecule has 0 atom stereocenters. The van der Waals surface area contributed by atoms with Crippen LogP contribution in [0, 0.1) is 0 Å². The number of rotatable bonds is 7. The molecule has 0 aliphatic carbocycles. The van der Waals surface area contributed by atoms with Gasteiger partial charge < -0.3 is 9.94 Å². The molecule has 31 heavy (non-hydrogen) atoms. The molecule has 1 aromatic heterocycles. The predicted octanol–water partition coefficient (Wildman–Crippen LogP) is 5.44. The van der Waals surface area contributed by atoms with Crippen molar-refractivity contribution < 1.29 is 14.7 Å². The van der Waals surface area contributed by atoms with Crippen LogP contribution in [-0.4, -0.2) is 46.9 Å². The second-order valence-corrected chi connectivity index (χ2v) is 8.86. The number of hydrogen-bond acceptors (Lipinski definition) is 6. The van der Waals surface area contributed by atoms with Crippen molar-refractivity contribution in [2.45, 2.75) is 13.6 Å². The monoisotopic (exact) mass is 549 g/mol. The Hall–Kier alpha value is -2.56. The number of carbonyl (C=O) groups excluding carboxylic acids is 1. The molecule has 10 heteroatoms. The number of benzene rings is 2. The van der Waals surface area contributed by atoms with Gasteiger partial charge in [0.25, 0.3) is 0 Å². The second-order valence-electron chi connectivity index (χ2n) is 7.03. The van der Waals surface area contributed by atoms with Crippen LogP contribution in [-0.2, 0) is 16.3 Å². The molecule has 0 spiro atoms. The van der Waals surface area contributed by atoms with Crippen molar-refractivity contribution in [2.75, 3.05) is 20.7 Å². The Morgan fingerprint density at radius 3 is 2.48 bits per heavy atom. The zero-order valence-electron chi connectivity index (χ0n) is 17.2. The summed E-state index contributed by atoms with van der Waals surface area (Å²) in [5, 5.41) is 23.0. The van der Waals surface area contributed by atoms with E-state index in [0.29, 0.717) is 17.8 Å². The van der Waals surface area contributed by atoms with E-state index in [1.165, 1.54) is 0 Å². The minimum Gasteiger partial charge on any atom is -0.493 e. The van der Waals surface area contributed by atoms with Gasteiger partial charge in [-0.15, -0.1) is 10.2 Å². The summed E-state index contributed by atoms with van der Waals surface area (Å²) >= 11 is 6.80. The van der Waals surface area contributed by atoms with Gasteiger partial charge in [0.1, 0.15) is 0 Å². The predicted molar refractivity (Wildman–Crippen MR) is 127 cm³/mol. The van der Waals surface area contributed by atoms with Crippen molar-refractivity contribution in [3.63, 3.8) is 0 Å². The standard InChI is InChI=1S/C21H21Br2N5O3/c1-13(14-4-6-15(22)7-5-14)26-31-11-19(29)24-25-20-17-10-16(23)8-9-18(17)28(21(20)30)12-27(2)3/h4-10,30H,11-12H2,1-3H3. The highest BCUT2D eigenvalue weighted by molar-refractivity contribution is 9.10. The highest BCUT2D eigenvalue weighted by Gasteiger charge is 2.18. The van der Waals surface area contributed by atoms with Crippen LogP contribution in [0.25, 0.3) is 10.9 Å². The van der Waals surface area contributed by atoms with Crippen molar-refractivity contribution in [1.29, 1.82) is 0 Å². The maximum Gasteiger partial charge on any atom is 0.304 e. The number of hydrogen-bond donors (Lipinski definition) is 1. The largest absolute Gasteiger partial charge is 0.493 e. The molecule has 0 saturated heterocycles. The smallest absolute Gasteiger partial charge is 0.304 e. The van der Waals surface area contributed by atoms with Crippen LogP contribution in [0.1, 0.15) is 12.5 Å². The number of carbonyl (C=O) groups is 1. The van der Waals surface area contributed by atoms with Crippen LogP contribution in [0.3, 0.4) is 0 Å². The van der Waals surface area contributed by atoms with E-state index >= 15 is 0 Å². The quantitative estimate of drug-likeness (QED) is 0.241. The summed E-state index contributed by atoms with van der Waals surface area (Å²) in [6.07, 6.45) is 0. The summed E-state index contributed by atoms with van der Waals surface area (Å²) in [6.45, 7) is 1.86. The van der Waals surface area contributed by atoms with E-state index in [4.69, 9.17) is 4.84 Å². The molecule has 8 nitrogen and oxygen atoms in total. The fourth-order valence-corrected chi connectivity index (χ4v) is 3.51. The van der Waals surface area contributed by atoms with Crippen molar-refractivity contribution in [1.82, 2.24) is 9.47 Å². The van der Waals surface area contributed by atoms with Crippen molar-refractivity contribution >= 4 is 60.1 Å². The molecule has 3 aromatic rings. The maximum absolute atomic E-state index is 12.1. The number of fused-ring (bicyclic) bond motifs is 1. The number of aromatic nitrogens is 1. The summed E-state index contributed by atoms with van der Waals surface area (Å²) in [6, 6.07) is 13.1. The summed E-state index contributed by atoms with van der Waals surface area (Å²) in [7, 11) is 3.78. The molecule has 1 N–H and O–H groups in total. The van der Waals surface area contributed by atoms with Crippen molar-refractivity contribution in [3.8, 4) is 5.88 Å². The number of nitrogens with zero attached hydrogens (tertiary/aromatic N) is 5. The summed E-state index contributed by atoms with van der Waals surface area (Å²) in [4.78, 5) is 19.1. The molecule has 0 aliphatic heterocycles. The summed E-state index contributed by atoms with van der Waals surface area (Å²) in [5.74, 6) is -0.682. The Morgan fingerprint density at radius 2 is 1.81 bits per heavy atom. The Morgan fingerprint density at radius 1 is 1.13 bits per heavy atom. The summed E-state index contributed by atoms with van der Waals surface area (Å²) < 4.78 is 3.48. The molecule has 0 saturated carbocycles. The minimum atomic E-state index is -0.615. The lowest BCUT2D eigenvalue weighted by Crippen LogP contribution is -2.16. The second kappa shape index (κ2) is 10.2. The van der Waals surface area contributed by atoms with Crippen LogP contribution in [0.4, 0.5) is 5.69 Å². The van der Waals surface area contributed by atoms with Gasteiger partial charge in [-0.3, -0.25) is 14.3 Å². The molecule has 3 rings (SSSR count). The van der Waals surface area contributed by atoms with E-state index < -0.39 is 5.91 Å². The summed E-state index contributed by atoms with van der Waals surface area (Å²) in [5.41, 5.74) is 2.51. The maximum atomic E-state index is 12.1. The lowest BCUT2D eigenvalue weighted by Gasteiger charge is -2.13. The van der Waals surface area contributed by atoms with Gasteiger partial charge in [-0.2, -0.15) is 0 Å². The molecular formula is C21H21Br2N5O3. The first kappa shape index (κ1) is 23.1. The highest BCUT2D eigenvalue weighted by Crippen LogP contribution is 2.40.